The minimum absolute atomic E-state index is 0.112. The molecular weight excluding hydrogens is 342 g/mol. The molecule has 2 fully saturated rings. The van der Waals surface area contributed by atoms with E-state index in [-0.39, 0.29) is 5.91 Å². The van der Waals surface area contributed by atoms with E-state index >= 15 is 0 Å². The topological polar surface area (TPSA) is 36.4 Å². The molecule has 0 spiro atoms. The van der Waals surface area contributed by atoms with Gasteiger partial charge in [-0.1, -0.05) is 30.3 Å². The van der Waals surface area contributed by atoms with E-state index in [1.54, 1.807) is 5.51 Å². The molecule has 0 N–H and O–H groups in total. The average Bonchev–Trinajstić information content (AvgIpc) is 3.39. The van der Waals surface area contributed by atoms with Crippen molar-refractivity contribution in [2.75, 3.05) is 32.7 Å². The number of carbonyl (C=O) groups excluding carboxylic acids is 1. The summed E-state index contributed by atoms with van der Waals surface area (Å²) in [6.45, 7) is 5.41. The highest BCUT2D eigenvalue weighted by Gasteiger charge is 2.33. The van der Waals surface area contributed by atoms with Crippen molar-refractivity contribution in [3.8, 4) is 0 Å². The molecule has 5 heteroatoms. The first-order valence-electron chi connectivity index (χ1n) is 9.73. The highest BCUT2D eigenvalue weighted by Crippen LogP contribution is 2.32. The molecule has 4 rings (SSSR count). The third-order valence-electron chi connectivity index (χ3n) is 6.01. The molecule has 0 unspecified atom stereocenters. The van der Waals surface area contributed by atoms with E-state index in [0.717, 1.165) is 44.2 Å². The maximum atomic E-state index is 12.4. The Morgan fingerprint density at radius 3 is 2.58 bits per heavy atom. The van der Waals surface area contributed by atoms with Crippen molar-refractivity contribution < 1.29 is 4.79 Å². The lowest BCUT2D eigenvalue weighted by Crippen LogP contribution is -2.40. The van der Waals surface area contributed by atoms with E-state index in [2.05, 4.69) is 40.2 Å². The summed E-state index contributed by atoms with van der Waals surface area (Å²) < 4.78 is 0. The zero-order chi connectivity index (χ0) is 17.8. The summed E-state index contributed by atoms with van der Waals surface area (Å²) in [5.41, 5.74) is 3.79. The van der Waals surface area contributed by atoms with Crippen molar-refractivity contribution in [1.29, 1.82) is 0 Å². The van der Waals surface area contributed by atoms with Gasteiger partial charge in [0.25, 0.3) is 5.91 Å². The predicted octanol–water partition coefficient (Wildman–Crippen LogP) is 3.56. The Bertz CT molecular complexity index is 695. The summed E-state index contributed by atoms with van der Waals surface area (Å²) in [5.74, 6) is 1.69. The van der Waals surface area contributed by atoms with E-state index < -0.39 is 0 Å². The second-order valence-electron chi connectivity index (χ2n) is 7.59. The quantitative estimate of drug-likeness (QED) is 0.809. The molecule has 1 aromatic heterocycles. The standard InChI is InChI=1S/C21H27N3OS/c25-21(20-15-26-16-22-20)24-12-8-18(9-13-24)19-7-11-23(14-19)10-6-17-4-2-1-3-5-17/h1-5,15-16,18-19H,6-14H2/t19-/m1/s1. The number of hydrogen-bond acceptors (Lipinski definition) is 4. The van der Waals surface area contributed by atoms with Crippen LogP contribution in [-0.4, -0.2) is 53.4 Å². The molecule has 138 valence electrons. The maximum Gasteiger partial charge on any atom is 0.273 e. The molecule has 1 aromatic carbocycles. The fraction of sp³-hybridized carbons (Fsp3) is 0.524. The smallest absolute Gasteiger partial charge is 0.273 e. The van der Waals surface area contributed by atoms with Gasteiger partial charge in [-0.15, -0.1) is 11.3 Å². The Morgan fingerprint density at radius 1 is 1.08 bits per heavy atom. The molecule has 2 aliphatic heterocycles. The number of amides is 1. The molecule has 4 nitrogen and oxygen atoms in total. The van der Waals surface area contributed by atoms with Gasteiger partial charge >= 0.3 is 0 Å². The third kappa shape index (κ3) is 4.15. The molecule has 3 heterocycles. The van der Waals surface area contributed by atoms with E-state index in [1.807, 2.05) is 10.3 Å². The van der Waals surface area contributed by atoms with Gasteiger partial charge < -0.3 is 9.80 Å². The van der Waals surface area contributed by atoms with Crippen LogP contribution in [0.2, 0.25) is 0 Å². The molecule has 0 aliphatic carbocycles. The highest BCUT2D eigenvalue weighted by molar-refractivity contribution is 7.07. The summed E-state index contributed by atoms with van der Waals surface area (Å²) >= 11 is 1.49. The maximum absolute atomic E-state index is 12.4. The van der Waals surface area contributed by atoms with Crippen LogP contribution in [0.15, 0.2) is 41.2 Å². The SMILES string of the molecule is O=C(c1cscn1)N1CCC([C@@H]2CCN(CCc3ccccc3)C2)CC1. The fourth-order valence-electron chi connectivity index (χ4n) is 4.44. The molecule has 0 saturated carbocycles. The van der Waals surface area contributed by atoms with Crippen LogP contribution in [0.4, 0.5) is 0 Å². The van der Waals surface area contributed by atoms with Crippen molar-refractivity contribution in [2.45, 2.75) is 25.7 Å². The number of thiazole rings is 1. The minimum atomic E-state index is 0.112. The van der Waals surface area contributed by atoms with Crippen LogP contribution in [0.5, 0.6) is 0 Å². The van der Waals surface area contributed by atoms with Gasteiger partial charge in [0.05, 0.1) is 5.51 Å². The minimum Gasteiger partial charge on any atom is -0.337 e. The molecule has 1 atom stereocenters. The number of likely N-dealkylation sites (tertiary alicyclic amines) is 2. The molecule has 2 saturated heterocycles. The Kier molecular flexibility index (Phi) is 5.65. The summed E-state index contributed by atoms with van der Waals surface area (Å²) in [6.07, 6.45) is 4.76. The number of carbonyl (C=O) groups is 1. The van der Waals surface area contributed by atoms with Crippen LogP contribution < -0.4 is 0 Å². The number of benzene rings is 1. The molecule has 0 bridgehead atoms. The molecule has 26 heavy (non-hydrogen) atoms. The monoisotopic (exact) mass is 369 g/mol. The number of hydrogen-bond donors (Lipinski definition) is 0. The van der Waals surface area contributed by atoms with E-state index in [0.29, 0.717) is 5.69 Å². The number of piperidine rings is 1. The van der Waals surface area contributed by atoms with Gasteiger partial charge in [-0.2, -0.15) is 0 Å². The van der Waals surface area contributed by atoms with Gasteiger partial charge in [0.15, 0.2) is 0 Å². The summed E-state index contributed by atoms with van der Waals surface area (Å²) in [5, 5.41) is 1.86. The van der Waals surface area contributed by atoms with Gasteiger partial charge in [-0.05, 0) is 49.6 Å². The van der Waals surface area contributed by atoms with Crippen LogP contribution >= 0.6 is 11.3 Å². The second-order valence-corrected chi connectivity index (χ2v) is 8.31. The lowest BCUT2D eigenvalue weighted by atomic mass is 9.83. The van der Waals surface area contributed by atoms with Crippen LogP contribution in [-0.2, 0) is 6.42 Å². The van der Waals surface area contributed by atoms with Crippen molar-refractivity contribution in [1.82, 2.24) is 14.8 Å². The van der Waals surface area contributed by atoms with Crippen LogP contribution in [0.3, 0.4) is 0 Å². The van der Waals surface area contributed by atoms with E-state index in [1.165, 1.54) is 43.0 Å². The molecule has 0 radical (unpaired) electrons. The lowest BCUT2D eigenvalue weighted by molar-refractivity contribution is 0.0654. The molecule has 1 amide bonds. The van der Waals surface area contributed by atoms with Gasteiger partial charge in [-0.3, -0.25) is 4.79 Å². The van der Waals surface area contributed by atoms with Crippen molar-refractivity contribution >= 4 is 17.2 Å². The highest BCUT2D eigenvalue weighted by atomic mass is 32.1. The predicted molar refractivity (Wildman–Crippen MR) is 105 cm³/mol. The Labute approximate surface area is 159 Å². The molecular formula is C21H27N3OS. The lowest BCUT2D eigenvalue weighted by Gasteiger charge is -2.34. The van der Waals surface area contributed by atoms with E-state index in [4.69, 9.17) is 0 Å². The number of aromatic nitrogens is 1. The van der Waals surface area contributed by atoms with Crippen molar-refractivity contribution in [3.63, 3.8) is 0 Å². The normalized spacial score (nSPS) is 22.0. The Morgan fingerprint density at radius 2 is 1.85 bits per heavy atom. The molecule has 2 aromatic rings. The number of nitrogens with zero attached hydrogens (tertiary/aromatic N) is 3. The van der Waals surface area contributed by atoms with Gasteiger partial charge in [0, 0.05) is 31.6 Å². The average molecular weight is 370 g/mol. The van der Waals surface area contributed by atoms with Crippen molar-refractivity contribution in [3.05, 3.63) is 52.5 Å². The summed E-state index contributed by atoms with van der Waals surface area (Å²) in [4.78, 5) is 21.2. The zero-order valence-electron chi connectivity index (χ0n) is 15.2. The fourth-order valence-corrected chi connectivity index (χ4v) is 4.96. The Balaban J connectivity index is 1.22. The summed E-state index contributed by atoms with van der Waals surface area (Å²) in [7, 11) is 0. The molecule has 2 aliphatic rings. The third-order valence-corrected chi connectivity index (χ3v) is 6.60. The first kappa shape index (κ1) is 17.7. The van der Waals surface area contributed by atoms with Gasteiger partial charge in [-0.25, -0.2) is 4.98 Å². The first-order valence-corrected chi connectivity index (χ1v) is 10.7. The Hall–Kier alpha value is -1.72. The van der Waals surface area contributed by atoms with Crippen molar-refractivity contribution in [2.24, 2.45) is 11.8 Å². The van der Waals surface area contributed by atoms with Crippen LogP contribution in [0.25, 0.3) is 0 Å². The van der Waals surface area contributed by atoms with Crippen LogP contribution in [0.1, 0.15) is 35.3 Å². The largest absolute Gasteiger partial charge is 0.337 e. The number of rotatable bonds is 5. The van der Waals surface area contributed by atoms with Gasteiger partial charge in [0.1, 0.15) is 5.69 Å². The summed E-state index contributed by atoms with van der Waals surface area (Å²) in [6, 6.07) is 10.8. The second kappa shape index (κ2) is 8.31. The van der Waals surface area contributed by atoms with Gasteiger partial charge in [0.2, 0.25) is 0 Å². The first-order chi connectivity index (χ1) is 12.8. The zero-order valence-corrected chi connectivity index (χ0v) is 16.0. The van der Waals surface area contributed by atoms with Crippen LogP contribution in [0, 0.1) is 11.8 Å². The van der Waals surface area contributed by atoms with E-state index in [9.17, 15) is 4.79 Å².